The lowest BCUT2D eigenvalue weighted by molar-refractivity contribution is 1.31. The zero-order valence-corrected chi connectivity index (χ0v) is 10.2. The number of nitrogens with one attached hydrogen (secondary N) is 1. The molecular formula is C17H13N. The fraction of sp³-hybridized carbons (Fsp3) is 0.0588. The van der Waals surface area contributed by atoms with Gasteiger partial charge in [-0.25, -0.2) is 0 Å². The molecule has 1 N–H and O–H groups in total. The van der Waals surface area contributed by atoms with Gasteiger partial charge in [-0.1, -0.05) is 48.5 Å². The van der Waals surface area contributed by atoms with Crippen molar-refractivity contribution < 1.29 is 0 Å². The van der Waals surface area contributed by atoms with Crippen LogP contribution in [0.25, 0.3) is 32.4 Å². The van der Waals surface area contributed by atoms with Crippen LogP contribution in [-0.2, 0) is 0 Å². The van der Waals surface area contributed by atoms with Crippen molar-refractivity contribution >= 4 is 32.4 Å². The lowest BCUT2D eigenvalue weighted by Crippen LogP contribution is -1.79. The highest BCUT2D eigenvalue weighted by Gasteiger charge is 2.05. The Hall–Kier alpha value is -2.28. The van der Waals surface area contributed by atoms with Crippen LogP contribution in [0.5, 0.6) is 0 Å². The Kier molecular flexibility index (Phi) is 1.81. The van der Waals surface area contributed by atoms with Gasteiger partial charge in [-0.15, -0.1) is 0 Å². The van der Waals surface area contributed by atoms with Crippen LogP contribution in [0.3, 0.4) is 0 Å². The van der Waals surface area contributed by atoms with E-state index in [0.29, 0.717) is 0 Å². The zero-order valence-electron chi connectivity index (χ0n) is 10.2. The molecule has 1 aromatic heterocycles. The second kappa shape index (κ2) is 3.36. The third-order valence-electron chi connectivity index (χ3n) is 3.65. The van der Waals surface area contributed by atoms with E-state index in [1.807, 2.05) is 0 Å². The van der Waals surface area contributed by atoms with Crippen molar-refractivity contribution in [1.29, 1.82) is 0 Å². The van der Waals surface area contributed by atoms with Crippen LogP contribution in [0.2, 0.25) is 0 Å². The van der Waals surface area contributed by atoms with Crippen molar-refractivity contribution in [1.82, 2.24) is 4.98 Å². The fourth-order valence-corrected chi connectivity index (χ4v) is 2.83. The molecule has 4 aromatic rings. The van der Waals surface area contributed by atoms with Crippen molar-refractivity contribution in [2.75, 3.05) is 0 Å². The van der Waals surface area contributed by atoms with Crippen molar-refractivity contribution in [2.45, 2.75) is 6.92 Å². The highest BCUT2D eigenvalue weighted by molar-refractivity contribution is 6.16. The summed E-state index contributed by atoms with van der Waals surface area (Å²) in [6, 6.07) is 19.6. The summed E-state index contributed by atoms with van der Waals surface area (Å²) in [5.74, 6) is 0. The molecule has 4 rings (SSSR count). The van der Waals surface area contributed by atoms with Crippen LogP contribution in [-0.4, -0.2) is 4.98 Å². The van der Waals surface area contributed by atoms with Crippen LogP contribution < -0.4 is 0 Å². The molecule has 0 radical (unpaired) electrons. The Morgan fingerprint density at radius 3 is 2.44 bits per heavy atom. The third-order valence-corrected chi connectivity index (χ3v) is 3.65. The Morgan fingerprint density at radius 2 is 1.50 bits per heavy atom. The minimum atomic E-state index is 1.21. The summed E-state index contributed by atoms with van der Waals surface area (Å²) in [4.78, 5) is 3.47. The first kappa shape index (κ1) is 9.72. The maximum Gasteiger partial charge on any atom is 0.0535 e. The smallest absolute Gasteiger partial charge is 0.0535 e. The first-order valence-electron chi connectivity index (χ1n) is 6.23. The number of aryl methyl sites for hydroxylation is 1. The number of benzene rings is 3. The van der Waals surface area contributed by atoms with Gasteiger partial charge in [0.2, 0.25) is 0 Å². The van der Waals surface area contributed by atoms with E-state index in [2.05, 4.69) is 66.5 Å². The Balaban J connectivity index is 2.30. The van der Waals surface area contributed by atoms with E-state index in [-0.39, 0.29) is 0 Å². The largest absolute Gasteiger partial charge is 0.358 e. The molecule has 0 aliphatic rings. The summed E-state index contributed by atoms with van der Waals surface area (Å²) in [5.41, 5.74) is 2.46. The van der Waals surface area contributed by atoms with Gasteiger partial charge in [-0.05, 0) is 29.1 Å². The van der Waals surface area contributed by atoms with E-state index >= 15 is 0 Å². The molecule has 3 aromatic carbocycles. The molecule has 0 saturated heterocycles. The standard InChI is InChI=1S/C17H13N/c1-11-10-13-7-8-15-14-5-3-2-4-12(14)6-9-16(15)17(13)18-11/h2-10,18H,1H3. The van der Waals surface area contributed by atoms with Crippen LogP contribution >= 0.6 is 0 Å². The molecule has 0 aliphatic carbocycles. The van der Waals surface area contributed by atoms with E-state index in [9.17, 15) is 0 Å². The second-order valence-corrected chi connectivity index (χ2v) is 4.86. The van der Waals surface area contributed by atoms with Crippen LogP contribution in [0.1, 0.15) is 5.69 Å². The van der Waals surface area contributed by atoms with E-state index in [1.54, 1.807) is 0 Å². The van der Waals surface area contributed by atoms with Crippen molar-refractivity contribution in [3.8, 4) is 0 Å². The van der Waals surface area contributed by atoms with E-state index < -0.39 is 0 Å². The topological polar surface area (TPSA) is 15.8 Å². The molecule has 1 heteroatoms. The third kappa shape index (κ3) is 1.22. The molecule has 0 fully saturated rings. The SMILES string of the molecule is Cc1cc2ccc3c4ccccc4ccc3c2[nH]1. The minimum absolute atomic E-state index is 1.21. The second-order valence-electron chi connectivity index (χ2n) is 4.86. The number of H-pyrrole nitrogens is 1. The van der Waals surface area contributed by atoms with Crippen molar-refractivity contribution in [3.05, 3.63) is 60.3 Å². The zero-order chi connectivity index (χ0) is 12.1. The van der Waals surface area contributed by atoms with Gasteiger partial charge in [0.05, 0.1) is 5.52 Å². The van der Waals surface area contributed by atoms with E-state index in [4.69, 9.17) is 0 Å². The molecule has 0 amide bonds. The Bertz CT molecular complexity index is 884. The number of rotatable bonds is 0. The van der Waals surface area contributed by atoms with Gasteiger partial charge in [0.1, 0.15) is 0 Å². The fourth-order valence-electron chi connectivity index (χ4n) is 2.83. The summed E-state index contributed by atoms with van der Waals surface area (Å²) >= 11 is 0. The van der Waals surface area contributed by atoms with Gasteiger partial charge in [0.15, 0.2) is 0 Å². The molecule has 1 heterocycles. The molecule has 0 saturated carbocycles. The average Bonchev–Trinajstić information content (AvgIpc) is 2.79. The van der Waals surface area contributed by atoms with E-state index in [0.717, 1.165) is 0 Å². The number of aromatic amines is 1. The number of fused-ring (bicyclic) bond motifs is 5. The van der Waals surface area contributed by atoms with Gasteiger partial charge < -0.3 is 4.98 Å². The lowest BCUT2D eigenvalue weighted by atomic mass is 10.0. The number of hydrogen-bond donors (Lipinski definition) is 1. The molecule has 0 bridgehead atoms. The molecule has 18 heavy (non-hydrogen) atoms. The molecule has 0 aliphatic heterocycles. The molecule has 0 unspecified atom stereocenters. The molecule has 1 nitrogen and oxygen atoms in total. The number of aromatic nitrogens is 1. The predicted octanol–water partition coefficient (Wildman–Crippen LogP) is 4.78. The quantitative estimate of drug-likeness (QED) is 0.419. The van der Waals surface area contributed by atoms with Crippen molar-refractivity contribution in [3.63, 3.8) is 0 Å². The first-order chi connectivity index (χ1) is 8.83. The number of hydrogen-bond acceptors (Lipinski definition) is 0. The van der Waals surface area contributed by atoms with Crippen LogP contribution in [0.15, 0.2) is 54.6 Å². The summed E-state index contributed by atoms with van der Waals surface area (Å²) < 4.78 is 0. The summed E-state index contributed by atoms with van der Waals surface area (Å²) in [7, 11) is 0. The van der Waals surface area contributed by atoms with Gasteiger partial charge in [-0.2, -0.15) is 0 Å². The van der Waals surface area contributed by atoms with E-state index in [1.165, 1.54) is 38.1 Å². The molecule has 86 valence electrons. The van der Waals surface area contributed by atoms with Crippen LogP contribution in [0, 0.1) is 6.92 Å². The minimum Gasteiger partial charge on any atom is -0.358 e. The monoisotopic (exact) mass is 231 g/mol. The van der Waals surface area contributed by atoms with Gasteiger partial charge in [0, 0.05) is 16.5 Å². The summed E-state index contributed by atoms with van der Waals surface area (Å²) in [5, 5.41) is 6.54. The van der Waals surface area contributed by atoms with Crippen molar-refractivity contribution in [2.24, 2.45) is 0 Å². The van der Waals surface area contributed by atoms with Gasteiger partial charge in [-0.3, -0.25) is 0 Å². The Labute approximate surface area is 105 Å². The summed E-state index contributed by atoms with van der Waals surface area (Å²) in [6.45, 7) is 2.10. The highest BCUT2D eigenvalue weighted by atomic mass is 14.7. The molecule has 0 spiro atoms. The van der Waals surface area contributed by atoms with Gasteiger partial charge >= 0.3 is 0 Å². The highest BCUT2D eigenvalue weighted by Crippen LogP contribution is 2.30. The predicted molar refractivity (Wildman–Crippen MR) is 78.0 cm³/mol. The summed E-state index contributed by atoms with van der Waals surface area (Å²) in [6.07, 6.45) is 0. The van der Waals surface area contributed by atoms with Crippen LogP contribution in [0.4, 0.5) is 0 Å². The first-order valence-corrected chi connectivity index (χ1v) is 6.23. The normalized spacial score (nSPS) is 11.6. The van der Waals surface area contributed by atoms with Gasteiger partial charge in [0.25, 0.3) is 0 Å². The maximum atomic E-state index is 3.47. The Morgan fingerprint density at radius 1 is 0.722 bits per heavy atom. The maximum absolute atomic E-state index is 3.47. The molecular weight excluding hydrogens is 218 g/mol. The molecule has 0 atom stereocenters. The lowest BCUT2D eigenvalue weighted by Gasteiger charge is -2.04. The average molecular weight is 231 g/mol.